The van der Waals surface area contributed by atoms with E-state index in [-0.39, 0.29) is 6.42 Å². The third kappa shape index (κ3) is 3.98. The number of amides is 1. The Morgan fingerprint density at radius 3 is 2.59 bits per heavy atom. The third-order valence-electron chi connectivity index (χ3n) is 3.48. The molecule has 7 heteroatoms. The number of hydrogen-bond acceptors (Lipinski definition) is 5. The van der Waals surface area contributed by atoms with Gasteiger partial charge in [-0.2, -0.15) is 0 Å². The fourth-order valence-corrected chi connectivity index (χ4v) is 2.44. The minimum Gasteiger partial charge on any atom is -0.467 e. The first kappa shape index (κ1) is 18.0. The van der Waals surface area contributed by atoms with Crippen molar-refractivity contribution >= 4 is 34.8 Å². The van der Waals surface area contributed by atoms with E-state index in [9.17, 15) is 9.59 Å². The summed E-state index contributed by atoms with van der Waals surface area (Å²) >= 11 is 5.46. The van der Waals surface area contributed by atoms with Gasteiger partial charge in [0.25, 0.3) is 0 Å². The lowest BCUT2D eigenvalue weighted by atomic mass is 9.98. The van der Waals surface area contributed by atoms with Gasteiger partial charge in [-0.25, -0.2) is 4.79 Å². The number of esters is 1. The Labute approximate surface area is 134 Å². The predicted molar refractivity (Wildman–Crippen MR) is 87.1 cm³/mol. The standard InChI is InChI=1S/C15H20ClN3O3/c1-9-5-10(6-11(8-17)13(9)18-2)7-12(14(20)22-4)19(3)15(16)21/h5-6,8,12,17-18H,7H2,1-4H3/t12-/m1/s1. The Bertz CT molecular complexity index is 590. The van der Waals surface area contributed by atoms with Crippen molar-refractivity contribution < 1.29 is 14.3 Å². The van der Waals surface area contributed by atoms with Crippen LogP contribution in [0.3, 0.4) is 0 Å². The molecule has 1 aromatic carbocycles. The first-order chi connectivity index (χ1) is 10.3. The molecule has 0 heterocycles. The summed E-state index contributed by atoms with van der Waals surface area (Å²) in [4.78, 5) is 24.4. The normalized spacial score (nSPS) is 11.5. The second-order valence-corrected chi connectivity index (χ2v) is 5.20. The average molecular weight is 326 g/mol. The first-order valence-electron chi connectivity index (χ1n) is 6.67. The van der Waals surface area contributed by atoms with Crippen LogP contribution >= 0.6 is 11.6 Å². The SMILES string of the molecule is CNc1c(C)cc(C[C@H](C(=O)OC)N(C)C(=O)Cl)cc1C=N. The lowest BCUT2D eigenvalue weighted by Gasteiger charge is -2.24. The lowest BCUT2D eigenvalue weighted by molar-refractivity contribution is -0.145. The molecule has 0 saturated heterocycles. The Balaban J connectivity index is 3.18. The van der Waals surface area contributed by atoms with Crippen LogP contribution in [-0.2, 0) is 16.0 Å². The van der Waals surface area contributed by atoms with Gasteiger partial charge in [0, 0.05) is 38.0 Å². The number of rotatable bonds is 6. The summed E-state index contributed by atoms with van der Waals surface area (Å²) in [7, 11) is 4.50. The van der Waals surface area contributed by atoms with Gasteiger partial charge in [-0.3, -0.25) is 4.79 Å². The minimum atomic E-state index is -0.812. The molecule has 6 nitrogen and oxygen atoms in total. The molecule has 120 valence electrons. The van der Waals surface area contributed by atoms with Gasteiger partial charge in [-0.1, -0.05) is 6.07 Å². The number of halogens is 1. The van der Waals surface area contributed by atoms with Crippen LogP contribution in [-0.4, -0.2) is 49.7 Å². The van der Waals surface area contributed by atoms with Crippen molar-refractivity contribution in [3.05, 3.63) is 28.8 Å². The van der Waals surface area contributed by atoms with Crippen molar-refractivity contribution in [2.45, 2.75) is 19.4 Å². The molecule has 1 atom stereocenters. The van der Waals surface area contributed by atoms with Crippen molar-refractivity contribution in [3.63, 3.8) is 0 Å². The van der Waals surface area contributed by atoms with E-state index in [1.165, 1.54) is 20.4 Å². The van der Waals surface area contributed by atoms with Crippen LogP contribution in [0.4, 0.5) is 10.5 Å². The van der Waals surface area contributed by atoms with Gasteiger partial charge < -0.3 is 20.4 Å². The number of likely N-dealkylation sites (N-methyl/N-ethyl adjacent to an activating group) is 1. The van der Waals surface area contributed by atoms with E-state index >= 15 is 0 Å². The summed E-state index contributed by atoms with van der Waals surface area (Å²) in [5.74, 6) is -0.539. The zero-order chi connectivity index (χ0) is 16.9. The molecule has 0 unspecified atom stereocenters. The number of nitrogens with zero attached hydrogens (tertiary/aromatic N) is 1. The van der Waals surface area contributed by atoms with Crippen molar-refractivity contribution in [1.82, 2.24) is 4.90 Å². The Morgan fingerprint density at radius 2 is 2.14 bits per heavy atom. The monoisotopic (exact) mass is 325 g/mol. The maximum atomic E-state index is 11.9. The highest BCUT2D eigenvalue weighted by Crippen LogP contribution is 2.23. The third-order valence-corrected chi connectivity index (χ3v) is 3.75. The molecule has 0 aliphatic rings. The number of benzene rings is 1. The highest BCUT2D eigenvalue weighted by molar-refractivity contribution is 6.62. The molecule has 0 aliphatic carbocycles. The zero-order valence-corrected chi connectivity index (χ0v) is 13.8. The van der Waals surface area contributed by atoms with Crippen LogP contribution in [0.2, 0.25) is 0 Å². The molecule has 0 spiro atoms. The topological polar surface area (TPSA) is 82.5 Å². The van der Waals surface area contributed by atoms with Crippen LogP contribution in [0.15, 0.2) is 12.1 Å². The number of carbonyl (C=O) groups excluding carboxylic acids is 2. The van der Waals surface area contributed by atoms with Crippen molar-refractivity contribution in [1.29, 1.82) is 5.41 Å². The van der Waals surface area contributed by atoms with E-state index in [4.69, 9.17) is 21.7 Å². The van der Waals surface area contributed by atoms with Gasteiger partial charge in [-0.15, -0.1) is 0 Å². The van der Waals surface area contributed by atoms with E-state index < -0.39 is 17.4 Å². The van der Waals surface area contributed by atoms with E-state index in [0.717, 1.165) is 21.7 Å². The van der Waals surface area contributed by atoms with Crippen molar-refractivity contribution in [2.75, 3.05) is 26.5 Å². The van der Waals surface area contributed by atoms with Crippen molar-refractivity contribution in [2.24, 2.45) is 0 Å². The predicted octanol–water partition coefficient (Wildman–Crippen LogP) is 2.41. The maximum absolute atomic E-state index is 11.9. The molecule has 0 fully saturated rings. The molecule has 0 aliphatic heterocycles. The fraction of sp³-hybridized carbons (Fsp3) is 0.400. The summed E-state index contributed by atoms with van der Waals surface area (Å²) in [6, 6.07) is 2.89. The van der Waals surface area contributed by atoms with Crippen molar-refractivity contribution in [3.8, 4) is 0 Å². The number of methoxy groups -OCH3 is 1. The van der Waals surface area contributed by atoms with Crippen LogP contribution in [0.5, 0.6) is 0 Å². The molecule has 0 saturated carbocycles. The van der Waals surface area contributed by atoms with Gasteiger partial charge in [0.1, 0.15) is 6.04 Å². The second kappa shape index (κ2) is 7.79. The van der Waals surface area contributed by atoms with Gasteiger partial charge in [0.05, 0.1) is 7.11 Å². The molecule has 0 aromatic heterocycles. The van der Waals surface area contributed by atoms with E-state index in [2.05, 4.69) is 5.32 Å². The number of anilines is 1. The van der Waals surface area contributed by atoms with Crippen LogP contribution < -0.4 is 5.32 Å². The molecule has 22 heavy (non-hydrogen) atoms. The van der Waals surface area contributed by atoms with E-state index in [0.29, 0.717) is 5.56 Å². The molecule has 0 radical (unpaired) electrons. The summed E-state index contributed by atoms with van der Waals surface area (Å²) in [5.41, 5.74) is 3.33. The van der Waals surface area contributed by atoms with Gasteiger partial charge in [0.2, 0.25) is 0 Å². The Hall–Kier alpha value is -2.08. The molecule has 2 N–H and O–H groups in total. The van der Waals surface area contributed by atoms with E-state index in [1.54, 1.807) is 13.1 Å². The first-order valence-corrected chi connectivity index (χ1v) is 7.05. The number of hydrogen-bond donors (Lipinski definition) is 2. The van der Waals surface area contributed by atoms with Gasteiger partial charge in [-0.05, 0) is 35.7 Å². The average Bonchev–Trinajstić information content (AvgIpc) is 2.50. The number of aryl methyl sites for hydroxylation is 1. The number of nitrogens with one attached hydrogen (secondary N) is 2. The Morgan fingerprint density at radius 1 is 1.50 bits per heavy atom. The van der Waals surface area contributed by atoms with Crippen LogP contribution in [0.1, 0.15) is 16.7 Å². The van der Waals surface area contributed by atoms with E-state index in [1.807, 2.05) is 13.0 Å². The Kier molecular flexibility index (Phi) is 6.37. The van der Waals surface area contributed by atoms with Crippen LogP contribution in [0.25, 0.3) is 0 Å². The molecular formula is C15H20ClN3O3. The summed E-state index contributed by atoms with van der Waals surface area (Å²) in [6.07, 6.45) is 1.50. The molecule has 1 rings (SSSR count). The highest BCUT2D eigenvalue weighted by Gasteiger charge is 2.27. The minimum absolute atomic E-state index is 0.257. The summed E-state index contributed by atoms with van der Waals surface area (Å²) in [6.45, 7) is 1.91. The lowest BCUT2D eigenvalue weighted by Crippen LogP contribution is -2.42. The summed E-state index contributed by atoms with van der Waals surface area (Å²) < 4.78 is 4.74. The largest absolute Gasteiger partial charge is 0.467 e. The quantitative estimate of drug-likeness (QED) is 0.364. The second-order valence-electron chi connectivity index (χ2n) is 4.88. The maximum Gasteiger partial charge on any atom is 0.328 e. The molecule has 1 aromatic rings. The number of ether oxygens (including phenoxy) is 1. The summed E-state index contributed by atoms with van der Waals surface area (Å²) in [5, 5.41) is 9.81. The van der Waals surface area contributed by atoms with Gasteiger partial charge >= 0.3 is 11.3 Å². The molecule has 0 bridgehead atoms. The van der Waals surface area contributed by atoms with Gasteiger partial charge in [0.15, 0.2) is 0 Å². The molecule has 1 amide bonds. The fourth-order valence-electron chi connectivity index (χ4n) is 2.32. The molecular weight excluding hydrogens is 306 g/mol. The smallest absolute Gasteiger partial charge is 0.328 e. The highest BCUT2D eigenvalue weighted by atomic mass is 35.5. The zero-order valence-electron chi connectivity index (χ0n) is 13.1. The van der Waals surface area contributed by atoms with Crippen LogP contribution in [0, 0.1) is 12.3 Å². The number of carbonyl (C=O) groups is 2.